The predicted octanol–water partition coefficient (Wildman–Crippen LogP) is 2.21. The smallest absolute Gasteiger partial charge is 0.258 e. The molecule has 0 heterocycles. The minimum atomic E-state index is -0.714. The minimum absolute atomic E-state index is 0.400. The highest BCUT2D eigenvalue weighted by atomic mass is 79.9. The van der Waals surface area contributed by atoms with Gasteiger partial charge in [-0.25, -0.2) is 0 Å². The van der Waals surface area contributed by atoms with Crippen LogP contribution in [0.2, 0.25) is 0 Å². The van der Waals surface area contributed by atoms with Gasteiger partial charge in [-0.3, -0.25) is 9.59 Å². The number of aldehydes is 1. The third kappa shape index (κ3) is 3.30. The lowest BCUT2D eigenvalue weighted by molar-refractivity contribution is -0.124. The number of nitrogens with two attached hydrogens (primary N) is 1. The summed E-state index contributed by atoms with van der Waals surface area (Å²) in [6.07, 6.45) is 0.442. The molecule has 0 spiro atoms. The summed E-state index contributed by atoms with van der Waals surface area (Å²) in [6, 6.07) is 3.46. The van der Waals surface area contributed by atoms with Gasteiger partial charge in [0.2, 0.25) is 0 Å². The number of aryl methyl sites for hydroxylation is 1. The van der Waals surface area contributed by atoms with Gasteiger partial charge < -0.3 is 10.5 Å². The molecular weight excluding hydrogens is 286 g/mol. The van der Waals surface area contributed by atoms with E-state index in [0.29, 0.717) is 24.0 Å². The van der Waals surface area contributed by atoms with E-state index in [1.165, 1.54) is 0 Å². The van der Waals surface area contributed by atoms with Crippen LogP contribution >= 0.6 is 15.9 Å². The Kier molecular flexibility index (Phi) is 4.69. The molecule has 1 atom stereocenters. The number of rotatable bonds is 5. The first-order valence-electron chi connectivity index (χ1n) is 5.20. The second kappa shape index (κ2) is 5.82. The van der Waals surface area contributed by atoms with Crippen molar-refractivity contribution >= 4 is 28.1 Å². The van der Waals surface area contributed by atoms with Crippen LogP contribution in [0.25, 0.3) is 0 Å². The molecule has 0 bridgehead atoms. The Morgan fingerprint density at radius 3 is 2.71 bits per heavy atom. The molecule has 4 nitrogen and oxygen atoms in total. The van der Waals surface area contributed by atoms with E-state index >= 15 is 0 Å². The third-order valence-corrected chi connectivity index (χ3v) is 2.80. The molecule has 0 aliphatic carbocycles. The van der Waals surface area contributed by atoms with Gasteiger partial charge in [0, 0.05) is 4.47 Å². The molecule has 1 amide bonds. The molecule has 0 fully saturated rings. The van der Waals surface area contributed by atoms with E-state index in [0.717, 1.165) is 10.0 Å². The first kappa shape index (κ1) is 13.7. The molecule has 1 rings (SSSR count). The molecule has 0 aromatic heterocycles. The molecule has 1 aromatic carbocycles. The molecule has 92 valence electrons. The largest absolute Gasteiger partial charge is 0.480 e. The van der Waals surface area contributed by atoms with Crippen LogP contribution in [0.5, 0.6) is 5.75 Å². The van der Waals surface area contributed by atoms with E-state index in [1.54, 1.807) is 19.9 Å². The second-order valence-electron chi connectivity index (χ2n) is 3.68. The van der Waals surface area contributed by atoms with E-state index in [2.05, 4.69) is 15.9 Å². The van der Waals surface area contributed by atoms with Crippen LogP contribution in [0.1, 0.15) is 29.3 Å². The van der Waals surface area contributed by atoms with E-state index in [9.17, 15) is 9.59 Å². The monoisotopic (exact) mass is 299 g/mol. The zero-order valence-electron chi connectivity index (χ0n) is 9.70. The quantitative estimate of drug-likeness (QED) is 0.848. The van der Waals surface area contributed by atoms with Crippen molar-refractivity contribution in [2.24, 2.45) is 5.73 Å². The average Bonchev–Trinajstić information content (AvgIpc) is 2.26. The zero-order chi connectivity index (χ0) is 13.0. The van der Waals surface area contributed by atoms with Gasteiger partial charge in [0.25, 0.3) is 5.91 Å². The van der Waals surface area contributed by atoms with Gasteiger partial charge in [0.15, 0.2) is 12.4 Å². The first-order valence-corrected chi connectivity index (χ1v) is 6.00. The number of ether oxygens (including phenoxy) is 1. The number of carbonyl (C=O) groups excluding carboxylic acids is 2. The fraction of sp³-hybridized carbons (Fsp3) is 0.333. The fourth-order valence-electron chi connectivity index (χ4n) is 1.49. The Hall–Kier alpha value is -1.36. The molecule has 0 saturated heterocycles. The molecule has 2 N–H and O–H groups in total. The molecule has 0 aliphatic rings. The fourth-order valence-corrected chi connectivity index (χ4v) is 2.08. The molecule has 17 heavy (non-hydrogen) atoms. The summed E-state index contributed by atoms with van der Waals surface area (Å²) >= 11 is 3.29. The van der Waals surface area contributed by atoms with Gasteiger partial charge in [0.05, 0.1) is 5.56 Å². The number of benzene rings is 1. The van der Waals surface area contributed by atoms with E-state index in [4.69, 9.17) is 10.5 Å². The van der Waals surface area contributed by atoms with Crippen LogP contribution in [-0.2, 0) is 4.79 Å². The Bertz CT molecular complexity index is 446. The van der Waals surface area contributed by atoms with Crippen molar-refractivity contribution in [3.63, 3.8) is 0 Å². The van der Waals surface area contributed by atoms with Crippen LogP contribution in [-0.4, -0.2) is 18.3 Å². The Morgan fingerprint density at radius 1 is 1.59 bits per heavy atom. The predicted molar refractivity (Wildman–Crippen MR) is 68.2 cm³/mol. The van der Waals surface area contributed by atoms with E-state index in [1.807, 2.05) is 6.07 Å². The maximum atomic E-state index is 11.1. The van der Waals surface area contributed by atoms with Gasteiger partial charge in [-0.05, 0) is 31.0 Å². The lowest BCUT2D eigenvalue weighted by atomic mass is 10.1. The first-order chi connectivity index (χ1) is 7.99. The number of halogens is 1. The van der Waals surface area contributed by atoms with Crippen molar-refractivity contribution < 1.29 is 14.3 Å². The molecule has 0 radical (unpaired) electrons. The molecular formula is C12H14BrNO3. The van der Waals surface area contributed by atoms with Gasteiger partial charge in [-0.2, -0.15) is 0 Å². The Morgan fingerprint density at radius 2 is 2.24 bits per heavy atom. The standard InChI is InChI=1S/C12H14BrNO3/c1-3-10(12(14)16)17-11-7(2)4-9(13)5-8(11)6-15/h4-6,10H,3H2,1-2H3,(H2,14,16). The Labute approximate surface area is 108 Å². The van der Waals surface area contributed by atoms with Gasteiger partial charge in [-0.1, -0.05) is 22.9 Å². The van der Waals surface area contributed by atoms with Gasteiger partial charge >= 0.3 is 0 Å². The van der Waals surface area contributed by atoms with Crippen molar-refractivity contribution in [1.82, 2.24) is 0 Å². The van der Waals surface area contributed by atoms with Crippen molar-refractivity contribution in [2.45, 2.75) is 26.4 Å². The summed E-state index contributed by atoms with van der Waals surface area (Å²) in [5.41, 5.74) is 6.38. The van der Waals surface area contributed by atoms with Crippen molar-refractivity contribution in [3.05, 3.63) is 27.7 Å². The summed E-state index contributed by atoms with van der Waals surface area (Å²) < 4.78 is 6.29. The van der Waals surface area contributed by atoms with Gasteiger partial charge in [0.1, 0.15) is 5.75 Å². The zero-order valence-corrected chi connectivity index (χ0v) is 11.3. The van der Waals surface area contributed by atoms with Crippen molar-refractivity contribution in [1.29, 1.82) is 0 Å². The SMILES string of the molecule is CCC(Oc1c(C)cc(Br)cc1C=O)C(N)=O. The number of amides is 1. The van der Waals surface area contributed by atoms with E-state index in [-0.39, 0.29) is 0 Å². The number of carbonyl (C=O) groups is 2. The van der Waals surface area contributed by atoms with Gasteiger partial charge in [-0.15, -0.1) is 0 Å². The number of primary amides is 1. The lowest BCUT2D eigenvalue weighted by Crippen LogP contribution is -2.33. The molecule has 1 unspecified atom stereocenters. The topological polar surface area (TPSA) is 69.4 Å². The molecule has 1 aromatic rings. The van der Waals surface area contributed by atoms with Crippen LogP contribution in [0, 0.1) is 6.92 Å². The Balaban J connectivity index is 3.12. The summed E-state index contributed by atoms with van der Waals surface area (Å²) in [6.45, 7) is 3.60. The third-order valence-electron chi connectivity index (χ3n) is 2.34. The van der Waals surface area contributed by atoms with Crippen molar-refractivity contribution in [2.75, 3.05) is 0 Å². The summed E-state index contributed by atoms with van der Waals surface area (Å²) in [5.74, 6) is -0.125. The second-order valence-corrected chi connectivity index (χ2v) is 4.59. The number of hydrogen-bond donors (Lipinski definition) is 1. The number of hydrogen-bond acceptors (Lipinski definition) is 3. The summed E-state index contributed by atoms with van der Waals surface area (Å²) in [5, 5.41) is 0. The highest BCUT2D eigenvalue weighted by Gasteiger charge is 2.18. The lowest BCUT2D eigenvalue weighted by Gasteiger charge is -2.17. The maximum absolute atomic E-state index is 11.1. The molecule has 5 heteroatoms. The summed E-state index contributed by atoms with van der Waals surface area (Å²) in [4.78, 5) is 22.1. The summed E-state index contributed by atoms with van der Waals surface area (Å²) in [7, 11) is 0. The highest BCUT2D eigenvalue weighted by Crippen LogP contribution is 2.28. The highest BCUT2D eigenvalue weighted by molar-refractivity contribution is 9.10. The van der Waals surface area contributed by atoms with Crippen molar-refractivity contribution in [3.8, 4) is 5.75 Å². The maximum Gasteiger partial charge on any atom is 0.258 e. The molecule has 0 saturated carbocycles. The normalized spacial score (nSPS) is 11.9. The van der Waals surface area contributed by atoms with Crippen LogP contribution < -0.4 is 10.5 Å². The average molecular weight is 300 g/mol. The van der Waals surface area contributed by atoms with Crippen LogP contribution in [0.15, 0.2) is 16.6 Å². The minimum Gasteiger partial charge on any atom is -0.480 e. The van der Waals surface area contributed by atoms with Crippen LogP contribution in [0.4, 0.5) is 0 Å². The molecule has 0 aliphatic heterocycles. The van der Waals surface area contributed by atoms with Crippen LogP contribution in [0.3, 0.4) is 0 Å². The van der Waals surface area contributed by atoms with E-state index < -0.39 is 12.0 Å².